The smallest absolute Gasteiger partial charge is 0.0622 e. The summed E-state index contributed by atoms with van der Waals surface area (Å²) in [6.07, 6.45) is 17.9. The molecule has 0 aliphatic heterocycles. The third kappa shape index (κ3) is 5.14. The molecule has 2 aliphatic carbocycles. The molecule has 1 atom stereocenters. The van der Waals surface area contributed by atoms with Gasteiger partial charge in [-0.1, -0.05) is 123 Å². The maximum Gasteiger partial charge on any atom is 0.0622 e. The Morgan fingerprint density at radius 2 is 1.18 bits per heavy atom. The molecular formula is C32H35N. The number of hydrogen-bond donors (Lipinski definition) is 1. The summed E-state index contributed by atoms with van der Waals surface area (Å²) >= 11 is 0. The molecule has 1 N–H and O–H groups in total. The minimum Gasteiger partial charge on any atom is -0.376 e. The molecule has 0 radical (unpaired) electrons. The second-order valence-electron chi connectivity index (χ2n) is 9.71. The fourth-order valence-corrected chi connectivity index (χ4v) is 5.61. The number of anilines is 1. The summed E-state index contributed by atoms with van der Waals surface area (Å²) in [5.74, 6) is 0.663. The van der Waals surface area contributed by atoms with E-state index < -0.39 is 0 Å². The summed E-state index contributed by atoms with van der Waals surface area (Å²) in [4.78, 5) is 0. The van der Waals surface area contributed by atoms with E-state index in [9.17, 15) is 0 Å². The Morgan fingerprint density at radius 3 is 1.79 bits per heavy atom. The normalized spacial score (nSPS) is 21.6. The van der Waals surface area contributed by atoms with Gasteiger partial charge in [0, 0.05) is 5.69 Å². The first-order valence-electron chi connectivity index (χ1n) is 12.7. The molecule has 5 rings (SSSR count). The highest BCUT2D eigenvalue weighted by molar-refractivity contribution is 5.76. The van der Waals surface area contributed by atoms with Gasteiger partial charge in [0.1, 0.15) is 0 Å². The van der Waals surface area contributed by atoms with Crippen LogP contribution in [0.3, 0.4) is 0 Å². The highest BCUT2D eigenvalue weighted by Gasteiger charge is 2.37. The quantitative estimate of drug-likeness (QED) is 0.423. The topological polar surface area (TPSA) is 12.0 Å². The van der Waals surface area contributed by atoms with Crippen molar-refractivity contribution < 1.29 is 0 Å². The van der Waals surface area contributed by atoms with E-state index in [1.807, 2.05) is 0 Å². The molecule has 3 aromatic rings. The highest BCUT2D eigenvalue weighted by atomic mass is 15.0. The lowest BCUT2D eigenvalue weighted by molar-refractivity contribution is 0.283. The average Bonchev–Trinajstić information content (AvgIpc) is 2.86. The highest BCUT2D eigenvalue weighted by Crippen LogP contribution is 2.41. The molecule has 1 heteroatoms. The van der Waals surface area contributed by atoms with Gasteiger partial charge in [-0.3, -0.25) is 0 Å². The minimum atomic E-state index is -0.0100. The molecule has 1 nitrogen and oxygen atoms in total. The number of nitrogens with one attached hydrogen (secondary N) is 1. The lowest BCUT2D eigenvalue weighted by Gasteiger charge is -2.42. The van der Waals surface area contributed by atoms with Crippen LogP contribution < -0.4 is 5.32 Å². The minimum absolute atomic E-state index is 0.0100. The molecule has 3 aromatic carbocycles. The summed E-state index contributed by atoms with van der Waals surface area (Å²) in [6, 6.07) is 30.5. The Labute approximate surface area is 199 Å². The standard InChI is InChI=1S/C32H35N/c1-2-10-16-30(17-11-3-1)32(24-22-29(23-25-32)27-14-8-5-9-15-27)33-31-20-18-28(19-21-31)26-12-6-4-7-13-26/h4-9,12-15,18-24,30,33H,1-3,10-11,16-17,25H2. The van der Waals surface area contributed by atoms with Crippen molar-refractivity contribution in [3.05, 3.63) is 109 Å². The van der Waals surface area contributed by atoms with Crippen LogP contribution in [0.4, 0.5) is 5.69 Å². The number of allylic oxidation sites excluding steroid dienone is 2. The second kappa shape index (κ2) is 10.3. The van der Waals surface area contributed by atoms with Gasteiger partial charge < -0.3 is 5.32 Å². The van der Waals surface area contributed by atoms with Crippen LogP contribution in [0.5, 0.6) is 0 Å². The van der Waals surface area contributed by atoms with Gasteiger partial charge >= 0.3 is 0 Å². The summed E-state index contributed by atoms with van der Waals surface area (Å²) in [5, 5.41) is 4.03. The molecule has 1 saturated carbocycles. The fraction of sp³-hybridized carbons (Fsp3) is 0.312. The van der Waals surface area contributed by atoms with E-state index >= 15 is 0 Å². The average molecular weight is 434 g/mol. The fourth-order valence-electron chi connectivity index (χ4n) is 5.61. The summed E-state index contributed by atoms with van der Waals surface area (Å²) in [6.45, 7) is 0. The zero-order valence-corrected chi connectivity index (χ0v) is 19.5. The Balaban J connectivity index is 1.41. The second-order valence-corrected chi connectivity index (χ2v) is 9.71. The molecule has 0 bridgehead atoms. The van der Waals surface area contributed by atoms with Crippen molar-refractivity contribution in [1.82, 2.24) is 0 Å². The van der Waals surface area contributed by atoms with Gasteiger partial charge in [0.25, 0.3) is 0 Å². The monoisotopic (exact) mass is 433 g/mol. The first-order valence-corrected chi connectivity index (χ1v) is 12.7. The lowest BCUT2D eigenvalue weighted by atomic mass is 9.71. The van der Waals surface area contributed by atoms with Gasteiger partial charge in [0.2, 0.25) is 0 Å². The summed E-state index contributed by atoms with van der Waals surface area (Å²) in [7, 11) is 0. The molecule has 0 amide bonds. The van der Waals surface area contributed by atoms with E-state index in [1.165, 1.54) is 72.9 Å². The predicted octanol–water partition coefficient (Wildman–Crippen LogP) is 8.91. The predicted molar refractivity (Wildman–Crippen MR) is 142 cm³/mol. The third-order valence-electron chi connectivity index (χ3n) is 7.53. The molecule has 33 heavy (non-hydrogen) atoms. The first-order chi connectivity index (χ1) is 16.3. The van der Waals surface area contributed by atoms with E-state index in [0.29, 0.717) is 5.92 Å². The van der Waals surface area contributed by atoms with Crippen LogP contribution in [0.15, 0.2) is 103 Å². The number of hydrogen-bond acceptors (Lipinski definition) is 1. The molecule has 0 heterocycles. The molecule has 0 spiro atoms. The van der Waals surface area contributed by atoms with Crippen LogP contribution in [0.25, 0.3) is 16.7 Å². The molecule has 1 unspecified atom stereocenters. The third-order valence-corrected chi connectivity index (χ3v) is 7.53. The lowest BCUT2D eigenvalue weighted by Crippen LogP contribution is -2.44. The Kier molecular flexibility index (Phi) is 6.76. The Morgan fingerprint density at radius 1 is 0.606 bits per heavy atom. The Hall–Kier alpha value is -3.06. The van der Waals surface area contributed by atoms with Crippen LogP contribution >= 0.6 is 0 Å². The van der Waals surface area contributed by atoms with Crippen LogP contribution in [0, 0.1) is 5.92 Å². The van der Waals surface area contributed by atoms with Gasteiger partial charge in [-0.2, -0.15) is 0 Å². The molecule has 2 aliphatic rings. The van der Waals surface area contributed by atoms with Crippen molar-refractivity contribution in [2.75, 3.05) is 5.32 Å². The van der Waals surface area contributed by atoms with Crippen LogP contribution in [-0.4, -0.2) is 5.54 Å². The zero-order chi connectivity index (χ0) is 22.3. The summed E-state index contributed by atoms with van der Waals surface area (Å²) < 4.78 is 0. The molecule has 0 aromatic heterocycles. The van der Waals surface area contributed by atoms with Gasteiger partial charge in [-0.15, -0.1) is 0 Å². The van der Waals surface area contributed by atoms with Gasteiger partial charge in [0.15, 0.2) is 0 Å². The molecule has 1 fully saturated rings. The molecular weight excluding hydrogens is 398 g/mol. The van der Waals surface area contributed by atoms with Gasteiger partial charge in [-0.25, -0.2) is 0 Å². The Bertz CT molecular complexity index is 1070. The van der Waals surface area contributed by atoms with Crippen LogP contribution in [0.1, 0.15) is 56.9 Å². The van der Waals surface area contributed by atoms with E-state index in [0.717, 1.165) is 6.42 Å². The zero-order valence-electron chi connectivity index (χ0n) is 19.5. The van der Waals surface area contributed by atoms with E-state index in [1.54, 1.807) is 0 Å². The van der Waals surface area contributed by atoms with Gasteiger partial charge in [-0.05, 0) is 59.6 Å². The first kappa shape index (κ1) is 21.8. The maximum atomic E-state index is 4.03. The van der Waals surface area contributed by atoms with Gasteiger partial charge in [0.05, 0.1) is 5.54 Å². The van der Waals surface area contributed by atoms with Crippen molar-refractivity contribution in [3.63, 3.8) is 0 Å². The SMILES string of the molecule is C1=CC(Nc2ccc(-c3ccccc3)cc2)(C2CCCCCCC2)CC=C1c1ccccc1. The van der Waals surface area contributed by atoms with Crippen molar-refractivity contribution in [3.8, 4) is 11.1 Å². The number of benzene rings is 3. The van der Waals surface area contributed by atoms with Crippen molar-refractivity contribution >= 4 is 11.3 Å². The van der Waals surface area contributed by atoms with Crippen molar-refractivity contribution in [1.29, 1.82) is 0 Å². The van der Waals surface area contributed by atoms with Crippen molar-refractivity contribution in [2.24, 2.45) is 5.92 Å². The van der Waals surface area contributed by atoms with E-state index in [2.05, 4.69) is 108 Å². The molecule has 0 saturated heterocycles. The van der Waals surface area contributed by atoms with Crippen LogP contribution in [0.2, 0.25) is 0 Å². The van der Waals surface area contributed by atoms with E-state index in [-0.39, 0.29) is 5.54 Å². The largest absolute Gasteiger partial charge is 0.376 e. The number of rotatable bonds is 5. The van der Waals surface area contributed by atoms with Crippen molar-refractivity contribution in [2.45, 2.75) is 56.9 Å². The summed E-state index contributed by atoms with van der Waals surface area (Å²) in [5.41, 5.74) is 6.41. The van der Waals surface area contributed by atoms with E-state index in [4.69, 9.17) is 0 Å². The maximum absolute atomic E-state index is 4.03. The van der Waals surface area contributed by atoms with Crippen LogP contribution in [-0.2, 0) is 0 Å². The molecule has 168 valence electrons.